The Kier molecular flexibility index (Phi) is 4.99. The number of hydrogen-bond acceptors (Lipinski definition) is 5. The fraction of sp³-hybridized carbons (Fsp3) is 0.269. The zero-order valence-electron chi connectivity index (χ0n) is 18.5. The number of piperidine rings is 1. The van der Waals surface area contributed by atoms with Crippen LogP contribution in [0.1, 0.15) is 32.3 Å². The molecule has 0 bridgehead atoms. The van der Waals surface area contributed by atoms with Crippen molar-refractivity contribution >= 4 is 34.1 Å². The van der Waals surface area contributed by atoms with Crippen LogP contribution >= 0.6 is 11.3 Å². The Morgan fingerprint density at radius 1 is 1.24 bits per heavy atom. The van der Waals surface area contributed by atoms with E-state index in [-0.39, 0.29) is 23.7 Å². The van der Waals surface area contributed by atoms with Crippen molar-refractivity contribution in [3.05, 3.63) is 76.9 Å². The lowest BCUT2D eigenvalue weighted by Gasteiger charge is -2.27. The molecule has 3 atom stereocenters. The summed E-state index contributed by atoms with van der Waals surface area (Å²) < 4.78 is 19.2. The van der Waals surface area contributed by atoms with Crippen molar-refractivity contribution < 1.29 is 18.4 Å². The predicted octanol–water partition coefficient (Wildman–Crippen LogP) is 4.89. The van der Waals surface area contributed by atoms with E-state index in [1.807, 2.05) is 17.9 Å². The third kappa shape index (κ3) is 3.68. The molecule has 6 rings (SSSR count). The van der Waals surface area contributed by atoms with E-state index in [0.717, 1.165) is 22.4 Å². The lowest BCUT2D eigenvalue weighted by Crippen LogP contribution is -2.45. The average molecular weight is 476 g/mol. The Morgan fingerprint density at radius 3 is 2.97 bits per heavy atom. The van der Waals surface area contributed by atoms with Gasteiger partial charge in [-0.15, -0.1) is 11.3 Å². The third-order valence-corrected chi connectivity index (χ3v) is 7.79. The van der Waals surface area contributed by atoms with E-state index >= 15 is 0 Å². The molecule has 3 heterocycles. The van der Waals surface area contributed by atoms with Crippen LogP contribution in [0.15, 0.2) is 59.2 Å². The van der Waals surface area contributed by atoms with Crippen LogP contribution in [0, 0.1) is 24.6 Å². The monoisotopic (exact) mass is 475 g/mol. The molecule has 2 aromatic heterocycles. The second-order valence-corrected chi connectivity index (χ2v) is 10.2. The van der Waals surface area contributed by atoms with E-state index in [1.165, 1.54) is 23.5 Å². The van der Waals surface area contributed by atoms with Crippen molar-refractivity contribution in [3.63, 3.8) is 0 Å². The molecule has 2 aliphatic rings. The Balaban J connectivity index is 1.21. The van der Waals surface area contributed by atoms with Gasteiger partial charge in [0.2, 0.25) is 0 Å². The van der Waals surface area contributed by atoms with Gasteiger partial charge in [0.15, 0.2) is 0 Å². The van der Waals surface area contributed by atoms with Crippen LogP contribution in [0.4, 0.5) is 4.39 Å². The summed E-state index contributed by atoms with van der Waals surface area (Å²) in [5.41, 5.74) is 2.30. The van der Waals surface area contributed by atoms with Gasteiger partial charge < -0.3 is 14.6 Å². The summed E-state index contributed by atoms with van der Waals surface area (Å²) in [4.78, 5) is 33.5. The lowest BCUT2D eigenvalue weighted by atomic mass is 10.1. The number of carbonyl (C=O) groups excluding carboxylic acids is 2. The Morgan fingerprint density at radius 2 is 2.12 bits per heavy atom. The van der Waals surface area contributed by atoms with E-state index in [0.29, 0.717) is 46.6 Å². The lowest BCUT2D eigenvalue weighted by molar-refractivity contribution is 0.0690. The highest BCUT2D eigenvalue weighted by molar-refractivity contribution is 7.15. The zero-order chi connectivity index (χ0) is 23.4. The molecular weight excluding hydrogens is 453 g/mol. The molecule has 0 spiro atoms. The van der Waals surface area contributed by atoms with Gasteiger partial charge in [-0.1, -0.05) is 12.1 Å². The molecule has 2 amide bonds. The molecule has 1 saturated carbocycles. The summed E-state index contributed by atoms with van der Waals surface area (Å²) in [6, 6.07) is 13.3. The SMILES string of the molecule is Cc1nc(C(=O)N2C[C@H]3CC3[C@H]2CNC(=O)c2ccc3occc3c2)c(-c2cccc(F)c2)s1. The normalized spacial score (nSPS) is 21.0. The molecule has 1 saturated heterocycles. The predicted molar refractivity (Wildman–Crippen MR) is 127 cm³/mol. The molecule has 1 aliphatic heterocycles. The van der Waals surface area contributed by atoms with Crippen LogP contribution in [0.3, 0.4) is 0 Å². The average Bonchev–Trinajstić information content (AvgIpc) is 3.15. The number of carbonyl (C=O) groups is 2. The van der Waals surface area contributed by atoms with Gasteiger partial charge in [0, 0.05) is 24.0 Å². The number of furan rings is 1. The third-order valence-electron chi connectivity index (χ3n) is 6.77. The van der Waals surface area contributed by atoms with E-state index < -0.39 is 0 Å². The Hall–Kier alpha value is -3.52. The van der Waals surface area contributed by atoms with Crippen molar-refractivity contribution in [2.75, 3.05) is 13.1 Å². The minimum atomic E-state index is -0.349. The second-order valence-electron chi connectivity index (χ2n) is 8.99. The standard InChI is InChI=1S/C26H22FN3O3S/c1-14-29-23(24(34-14)16-3-2-4-19(27)10-16)26(32)30-13-18-11-20(18)21(30)12-28-25(31)17-5-6-22-15(9-17)7-8-33-22/h2-10,18,20-21H,11-13H2,1H3,(H,28,31)/t18-,20?,21-/m1/s1. The molecule has 6 nitrogen and oxygen atoms in total. The fourth-order valence-corrected chi connectivity index (χ4v) is 5.91. The summed E-state index contributed by atoms with van der Waals surface area (Å²) in [7, 11) is 0. The van der Waals surface area contributed by atoms with E-state index in [4.69, 9.17) is 4.42 Å². The minimum absolute atomic E-state index is 0.0820. The largest absolute Gasteiger partial charge is 0.464 e. The Bertz CT molecular complexity index is 1430. The van der Waals surface area contributed by atoms with Gasteiger partial charge in [-0.3, -0.25) is 9.59 Å². The number of benzene rings is 2. The number of halogens is 1. The number of nitrogens with one attached hydrogen (secondary N) is 1. The van der Waals surface area contributed by atoms with Gasteiger partial charge in [0.1, 0.15) is 17.1 Å². The highest BCUT2D eigenvalue weighted by Gasteiger charge is 2.54. The summed E-state index contributed by atoms with van der Waals surface area (Å²) in [6.07, 6.45) is 2.66. The van der Waals surface area contributed by atoms with Crippen LogP contribution in [0.2, 0.25) is 0 Å². The smallest absolute Gasteiger partial charge is 0.274 e. The minimum Gasteiger partial charge on any atom is -0.464 e. The number of likely N-dealkylation sites (tertiary alicyclic amines) is 1. The number of aromatic nitrogens is 1. The molecule has 4 aromatic rings. The van der Waals surface area contributed by atoms with E-state index in [9.17, 15) is 14.0 Å². The fourth-order valence-electron chi connectivity index (χ4n) is 5.01. The first kappa shape index (κ1) is 21.0. The van der Waals surface area contributed by atoms with Gasteiger partial charge in [-0.25, -0.2) is 9.37 Å². The molecule has 1 N–H and O–H groups in total. The van der Waals surface area contributed by atoms with E-state index in [2.05, 4.69) is 10.3 Å². The molecule has 2 aromatic carbocycles. The maximum absolute atomic E-state index is 13.8. The van der Waals surface area contributed by atoms with Crippen molar-refractivity contribution in [2.45, 2.75) is 19.4 Å². The first-order valence-electron chi connectivity index (χ1n) is 11.3. The maximum atomic E-state index is 13.8. The number of thiazole rings is 1. The summed E-state index contributed by atoms with van der Waals surface area (Å²) in [5.74, 6) is 0.168. The van der Waals surface area contributed by atoms with Gasteiger partial charge in [-0.05, 0) is 67.1 Å². The van der Waals surface area contributed by atoms with Crippen molar-refractivity contribution in [1.29, 1.82) is 0 Å². The molecule has 1 unspecified atom stereocenters. The van der Waals surface area contributed by atoms with Crippen molar-refractivity contribution in [2.24, 2.45) is 11.8 Å². The number of rotatable bonds is 5. The van der Waals surface area contributed by atoms with Gasteiger partial charge in [0.05, 0.1) is 22.2 Å². The second kappa shape index (κ2) is 8.06. The van der Waals surface area contributed by atoms with Crippen LogP contribution < -0.4 is 5.32 Å². The number of aryl methyl sites for hydroxylation is 1. The molecule has 172 valence electrons. The molecule has 8 heteroatoms. The first-order chi connectivity index (χ1) is 16.5. The quantitative estimate of drug-likeness (QED) is 0.446. The van der Waals surface area contributed by atoms with Crippen LogP contribution in [0.25, 0.3) is 21.4 Å². The number of amides is 2. The summed E-state index contributed by atoms with van der Waals surface area (Å²) >= 11 is 1.39. The number of hydrogen-bond donors (Lipinski definition) is 1. The number of fused-ring (bicyclic) bond motifs is 2. The zero-order valence-corrected chi connectivity index (χ0v) is 19.3. The summed E-state index contributed by atoms with van der Waals surface area (Å²) in [5, 5.41) is 4.65. The molecule has 1 aliphatic carbocycles. The molecule has 0 radical (unpaired) electrons. The Labute approximate surface area is 199 Å². The van der Waals surface area contributed by atoms with Crippen molar-refractivity contribution in [3.8, 4) is 10.4 Å². The van der Waals surface area contributed by atoms with Gasteiger partial charge >= 0.3 is 0 Å². The van der Waals surface area contributed by atoms with Crippen molar-refractivity contribution in [1.82, 2.24) is 15.2 Å². The topological polar surface area (TPSA) is 75.4 Å². The maximum Gasteiger partial charge on any atom is 0.274 e. The highest BCUT2D eigenvalue weighted by Crippen LogP contribution is 2.50. The molecule has 2 fully saturated rings. The first-order valence-corrected chi connectivity index (χ1v) is 12.1. The summed E-state index contributed by atoms with van der Waals surface area (Å²) in [6.45, 7) is 2.89. The molecule has 34 heavy (non-hydrogen) atoms. The van der Waals surface area contributed by atoms with Gasteiger partial charge in [-0.2, -0.15) is 0 Å². The molecular formula is C26H22FN3O3S. The van der Waals surface area contributed by atoms with Crippen LogP contribution in [-0.4, -0.2) is 40.8 Å². The van der Waals surface area contributed by atoms with Crippen LogP contribution in [-0.2, 0) is 0 Å². The van der Waals surface area contributed by atoms with E-state index in [1.54, 1.807) is 36.6 Å². The highest BCUT2D eigenvalue weighted by atomic mass is 32.1. The van der Waals surface area contributed by atoms with Gasteiger partial charge in [0.25, 0.3) is 11.8 Å². The van der Waals surface area contributed by atoms with Crippen LogP contribution in [0.5, 0.6) is 0 Å². The number of nitrogens with zero attached hydrogens (tertiary/aromatic N) is 2.